The summed E-state index contributed by atoms with van der Waals surface area (Å²) in [5.74, 6) is -0.240. The molecule has 3 N–H and O–H groups in total. The molecule has 0 aliphatic rings. The summed E-state index contributed by atoms with van der Waals surface area (Å²) in [5, 5.41) is 8.78. The van der Waals surface area contributed by atoms with Crippen LogP contribution in [0.1, 0.15) is 50.9 Å². The summed E-state index contributed by atoms with van der Waals surface area (Å²) < 4.78 is 0. The van der Waals surface area contributed by atoms with Gasteiger partial charge in [-0.05, 0) is 45.4 Å². The Balaban J connectivity index is 2.56. The van der Waals surface area contributed by atoms with Crippen molar-refractivity contribution < 1.29 is 9.59 Å². The second-order valence-electron chi connectivity index (χ2n) is 6.34. The largest absolute Gasteiger partial charge is 0.352 e. The van der Waals surface area contributed by atoms with Crippen LogP contribution in [0, 0.1) is 0 Å². The van der Waals surface area contributed by atoms with Crippen LogP contribution in [0.15, 0.2) is 24.3 Å². The first-order valence-corrected chi connectivity index (χ1v) is 7.75. The average molecular weight is 305 g/mol. The lowest BCUT2D eigenvalue weighted by atomic mass is 10.1. The van der Waals surface area contributed by atoms with Crippen LogP contribution in [0.2, 0.25) is 0 Å². The van der Waals surface area contributed by atoms with E-state index >= 15 is 0 Å². The number of anilines is 1. The average Bonchev–Trinajstić information content (AvgIpc) is 2.45. The van der Waals surface area contributed by atoms with E-state index in [-0.39, 0.29) is 23.9 Å². The Hall–Kier alpha value is -1.88. The van der Waals surface area contributed by atoms with Crippen molar-refractivity contribution in [3.8, 4) is 0 Å². The van der Waals surface area contributed by atoms with Crippen molar-refractivity contribution in [1.82, 2.24) is 10.6 Å². The minimum absolute atomic E-state index is 0.113. The number of rotatable bonds is 7. The highest BCUT2D eigenvalue weighted by atomic mass is 16.2. The molecular formula is C17H27N3O2. The van der Waals surface area contributed by atoms with Gasteiger partial charge in [-0.15, -0.1) is 0 Å². The zero-order chi connectivity index (χ0) is 16.6. The van der Waals surface area contributed by atoms with Crippen molar-refractivity contribution >= 4 is 17.5 Å². The molecule has 0 aliphatic carbocycles. The standard InChI is InChI=1S/C17H27N3O2/c1-5-6-10-18-16(22)13-8-7-9-14(11-13)20-15(21)12-19-17(2,3)4/h7-9,11,19H,5-6,10,12H2,1-4H3,(H,18,22)(H,20,21). The molecule has 1 rings (SSSR count). The summed E-state index contributed by atoms with van der Waals surface area (Å²) in [6, 6.07) is 6.97. The number of carbonyl (C=O) groups excluding carboxylic acids is 2. The summed E-state index contributed by atoms with van der Waals surface area (Å²) in [6.07, 6.45) is 2.00. The van der Waals surface area contributed by atoms with E-state index in [0.29, 0.717) is 17.8 Å². The molecule has 0 fully saturated rings. The Morgan fingerprint density at radius 3 is 2.55 bits per heavy atom. The maximum atomic E-state index is 12.0. The highest BCUT2D eigenvalue weighted by Crippen LogP contribution is 2.10. The minimum Gasteiger partial charge on any atom is -0.352 e. The molecular weight excluding hydrogens is 278 g/mol. The first kappa shape index (κ1) is 18.2. The summed E-state index contributed by atoms with van der Waals surface area (Å²) in [6.45, 7) is 8.98. The molecule has 0 atom stereocenters. The molecule has 0 bridgehead atoms. The fourth-order valence-electron chi connectivity index (χ4n) is 1.77. The predicted octanol–water partition coefficient (Wildman–Crippen LogP) is 2.54. The van der Waals surface area contributed by atoms with E-state index in [2.05, 4.69) is 22.9 Å². The van der Waals surface area contributed by atoms with Crippen LogP contribution in [0.4, 0.5) is 5.69 Å². The third-order valence-electron chi connectivity index (χ3n) is 3.00. The van der Waals surface area contributed by atoms with Crippen LogP contribution >= 0.6 is 0 Å². The van der Waals surface area contributed by atoms with E-state index in [4.69, 9.17) is 0 Å². The molecule has 0 saturated carbocycles. The second-order valence-corrected chi connectivity index (χ2v) is 6.34. The highest BCUT2D eigenvalue weighted by molar-refractivity contribution is 5.97. The summed E-state index contributed by atoms with van der Waals surface area (Å²) in [5.41, 5.74) is 1.07. The molecule has 2 amide bonds. The van der Waals surface area contributed by atoms with E-state index in [1.165, 1.54) is 0 Å². The normalized spacial score (nSPS) is 11.1. The van der Waals surface area contributed by atoms with Crippen LogP contribution in [0.3, 0.4) is 0 Å². The Morgan fingerprint density at radius 2 is 1.91 bits per heavy atom. The van der Waals surface area contributed by atoms with Crippen molar-refractivity contribution in [2.45, 2.75) is 46.1 Å². The maximum Gasteiger partial charge on any atom is 0.251 e. The number of carbonyl (C=O) groups is 2. The number of benzene rings is 1. The topological polar surface area (TPSA) is 70.2 Å². The summed E-state index contributed by atoms with van der Waals surface area (Å²) >= 11 is 0. The number of hydrogen-bond donors (Lipinski definition) is 3. The number of hydrogen-bond acceptors (Lipinski definition) is 3. The Labute approximate surface area is 132 Å². The molecule has 0 radical (unpaired) electrons. The van der Waals surface area contributed by atoms with Crippen LogP contribution in [0.5, 0.6) is 0 Å². The zero-order valence-electron chi connectivity index (χ0n) is 14.0. The van der Waals surface area contributed by atoms with Gasteiger partial charge in [0, 0.05) is 23.3 Å². The second kappa shape index (κ2) is 8.54. The Kier molecular flexibility index (Phi) is 7.05. The van der Waals surface area contributed by atoms with E-state index in [0.717, 1.165) is 12.8 Å². The lowest BCUT2D eigenvalue weighted by Crippen LogP contribution is -2.41. The van der Waals surface area contributed by atoms with E-state index in [1.54, 1.807) is 24.3 Å². The molecule has 0 heterocycles. The van der Waals surface area contributed by atoms with Gasteiger partial charge in [0.15, 0.2) is 0 Å². The number of unbranched alkanes of at least 4 members (excludes halogenated alkanes) is 1. The van der Waals surface area contributed by atoms with Crippen LogP contribution in [0.25, 0.3) is 0 Å². The van der Waals surface area contributed by atoms with Crippen LogP contribution in [-0.2, 0) is 4.79 Å². The SMILES string of the molecule is CCCCNC(=O)c1cccc(NC(=O)CNC(C)(C)C)c1. The van der Waals surface area contributed by atoms with Crippen molar-refractivity contribution in [1.29, 1.82) is 0 Å². The van der Waals surface area contributed by atoms with E-state index < -0.39 is 0 Å². The maximum absolute atomic E-state index is 12.0. The number of nitrogens with one attached hydrogen (secondary N) is 3. The van der Waals surface area contributed by atoms with Gasteiger partial charge in [-0.3, -0.25) is 9.59 Å². The lowest BCUT2D eigenvalue weighted by Gasteiger charge is -2.20. The molecule has 0 aromatic heterocycles. The molecule has 0 unspecified atom stereocenters. The zero-order valence-corrected chi connectivity index (χ0v) is 14.0. The van der Waals surface area contributed by atoms with Crippen molar-refractivity contribution in [3.05, 3.63) is 29.8 Å². The third kappa shape index (κ3) is 7.22. The number of amides is 2. The first-order valence-electron chi connectivity index (χ1n) is 7.75. The van der Waals surface area contributed by atoms with Gasteiger partial charge in [-0.25, -0.2) is 0 Å². The van der Waals surface area contributed by atoms with Gasteiger partial charge >= 0.3 is 0 Å². The quantitative estimate of drug-likeness (QED) is 0.678. The summed E-state index contributed by atoms with van der Waals surface area (Å²) in [7, 11) is 0. The molecule has 0 aliphatic heterocycles. The molecule has 0 saturated heterocycles. The van der Waals surface area contributed by atoms with Crippen LogP contribution < -0.4 is 16.0 Å². The first-order chi connectivity index (χ1) is 10.3. The molecule has 22 heavy (non-hydrogen) atoms. The lowest BCUT2D eigenvalue weighted by molar-refractivity contribution is -0.115. The molecule has 1 aromatic rings. The van der Waals surface area contributed by atoms with E-state index in [1.807, 2.05) is 20.8 Å². The van der Waals surface area contributed by atoms with Crippen molar-refractivity contribution in [3.63, 3.8) is 0 Å². The molecule has 5 nitrogen and oxygen atoms in total. The molecule has 122 valence electrons. The monoisotopic (exact) mass is 305 g/mol. The fourth-order valence-corrected chi connectivity index (χ4v) is 1.77. The fraction of sp³-hybridized carbons (Fsp3) is 0.529. The smallest absolute Gasteiger partial charge is 0.251 e. The van der Waals surface area contributed by atoms with Gasteiger partial charge in [-0.2, -0.15) is 0 Å². The molecule has 5 heteroatoms. The Morgan fingerprint density at radius 1 is 1.18 bits per heavy atom. The minimum atomic E-state index is -0.126. The predicted molar refractivity (Wildman–Crippen MR) is 90.1 cm³/mol. The summed E-state index contributed by atoms with van der Waals surface area (Å²) in [4.78, 5) is 23.9. The van der Waals surface area contributed by atoms with Crippen molar-refractivity contribution in [2.24, 2.45) is 0 Å². The highest BCUT2D eigenvalue weighted by Gasteiger charge is 2.12. The van der Waals surface area contributed by atoms with Crippen LogP contribution in [-0.4, -0.2) is 30.4 Å². The van der Waals surface area contributed by atoms with E-state index in [9.17, 15) is 9.59 Å². The van der Waals surface area contributed by atoms with Gasteiger partial charge in [0.25, 0.3) is 5.91 Å². The van der Waals surface area contributed by atoms with Gasteiger partial charge in [-0.1, -0.05) is 19.4 Å². The third-order valence-corrected chi connectivity index (χ3v) is 3.00. The molecule has 1 aromatic carbocycles. The Bertz CT molecular complexity index is 507. The van der Waals surface area contributed by atoms with Gasteiger partial charge in [0.1, 0.15) is 0 Å². The van der Waals surface area contributed by atoms with Gasteiger partial charge in [0.05, 0.1) is 6.54 Å². The van der Waals surface area contributed by atoms with Crippen molar-refractivity contribution in [2.75, 3.05) is 18.4 Å². The molecule has 0 spiro atoms. The van der Waals surface area contributed by atoms with Gasteiger partial charge in [0.2, 0.25) is 5.91 Å². The van der Waals surface area contributed by atoms with Gasteiger partial charge < -0.3 is 16.0 Å².